The maximum absolute atomic E-state index is 12.1. The van der Waals surface area contributed by atoms with E-state index in [-0.39, 0.29) is 13.0 Å². The van der Waals surface area contributed by atoms with E-state index < -0.39 is 19.6 Å². The quantitative estimate of drug-likeness (QED) is 0.453. The molecule has 0 radical (unpaired) electrons. The van der Waals surface area contributed by atoms with E-state index in [0.717, 1.165) is 5.56 Å². The molecule has 0 heterocycles. The van der Waals surface area contributed by atoms with Crippen LogP contribution in [0.2, 0.25) is 0 Å². The largest absolute Gasteiger partial charge is 0.461 e. The van der Waals surface area contributed by atoms with E-state index in [1.807, 2.05) is 30.3 Å². The summed E-state index contributed by atoms with van der Waals surface area (Å²) < 4.78 is 22.5. The molecule has 0 saturated heterocycles. The van der Waals surface area contributed by atoms with Crippen LogP contribution < -0.4 is 5.73 Å². The van der Waals surface area contributed by atoms with Gasteiger partial charge in [-0.05, 0) is 5.56 Å². The van der Waals surface area contributed by atoms with Crippen LogP contribution in [0.5, 0.6) is 0 Å². The van der Waals surface area contributed by atoms with Crippen LogP contribution in [0.25, 0.3) is 0 Å². The van der Waals surface area contributed by atoms with Gasteiger partial charge in [0.2, 0.25) is 7.37 Å². The molecule has 0 aliphatic carbocycles. The number of benzene rings is 1. The Bertz CT molecular complexity index is 456. The van der Waals surface area contributed by atoms with E-state index in [9.17, 15) is 9.36 Å². The molecular weight excluding hydrogens is 277 g/mol. The number of esters is 1. The SMILES string of the molecule is CCP(=O)(CC)OC(N)CC(=O)OCc1ccccc1. The Balaban J connectivity index is 2.37. The monoisotopic (exact) mass is 299 g/mol. The van der Waals surface area contributed by atoms with Crippen molar-refractivity contribution in [2.75, 3.05) is 12.3 Å². The highest BCUT2D eigenvalue weighted by molar-refractivity contribution is 7.58. The molecular formula is C14H22NO4P. The Labute approximate surface area is 119 Å². The molecule has 1 rings (SSSR count). The van der Waals surface area contributed by atoms with Crippen molar-refractivity contribution in [1.82, 2.24) is 0 Å². The molecule has 2 N–H and O–H groups in total. The molecule has 0 fully saturated rings. The molecule has 1 aromatic carbocycles. The van der Waals surface area contributed by atoms with Gasteiger partial charge in [0.05, 0.1) is 6.42 Å². The van der Waals surface area contributed by atoms with Gasteiger partial charge in [0, 0.05) is 12.3 Å². The summed E-state index contributed by atoms with van der Waals surface area (Å²) in [6.45, 7) is 3.76. The maximum Gasteiger partial charge on any atom is 0.310 e. The third-order valence-corrected chi connectivity index (χ3v) is 5.48. The number of carbonyl (C=O) groups is 1. The van der Waals surface area contributed by atoms with Crippen molar-refractivity contribution in [2.24, 2.45) is 5.73 Å². The molecule has 1 aromatic rings. The van der Waals surface area contributed by atoms with Crippen molar-refractivity contribution >= 4 is 13.3 Å². The molecule has 0 aliphatic rings. The van der Waals surface area contributed by atoms with Gasteiger partial charge in [0.1, 0.15) is 12.8 Å². The molecule has 5 nitrogen and oxygen atoms in total. The Hall–Kier alpha value is -1.16. The molecule has 1 unspecified atom stereocenters. The van der Waals surface area contributed by atoms with Crippen molar-refractivity contribution in [3.63, 3.8) is 0 Å². The van der Waals surface area contributed by atoms with E-state index in [4.69, 9.17) is 15.0 Å². The lowest BCUT2D eigenvalue weighted by Gasteiger charge is -2.19. The summed E-state index contributed by atoms with van der Waals surface area (Å²) in [4.78, 5) is 11.6. The molecule has 112 valence electrons. The van der Waals surface area contributed by atoms with Gasteiger partial charge in [-0.1, -0.05) is 44.2 Å². The van der Waals surface area contributed by atoms with Crippen LogP contribution in [0.4, 0.5) is 0 Å². The summed E-state index contributed by atoms with van der Waals surface area (Å²) in [5, 5.41) is 0. The highest BCUT2D eigenvalue weighted by Crippen LogP contribution is 2.46. The second-order valence-electron chi connectivity index (χ2n) is 4.44. The molecule has 0 bridgehead atoms. The van der Waals surface area contributed by atoms with Crippen LogP contribution in [0.3, 0.4) is 0 Å². The first-order chi connectivity index (χ1) is 9.49. The van der Waals surface area contributed by atoms with Crippen molar-refractivity contribution in [3.05, 3.63) is 35.9 Å². The lowest BCUT2D eigenvalue weighted by Crippen LogP contribution is -2.27. The molecule has 0 aromatic heterocycles. The van der Waals surface area contributed by atoms with Crippen molar-refractivity contribution in [2.45, 2.75) is 33.1 Å². The molecule has 1 atom stereocenters. The first-order valence-corrected chi connectivity index (χ1v) is 8.70. The van der Waals surface area contributed by atoms with E-state index in [1.54, 1.807) is 13.8 Å². The van der Waals surface area contributed by atoms with E-state index >= 15 is 0 Å². The zero-order valence-electron chi connectivity index (χ0n) is 12.0. The molecule has 0 spiro atoms. The molecule has 0 amide bonds. The number of nitrogens with two attached hydrogens (primary N) is 1. The van der Waals surface area contributed by atoms with Gasteiger partial charge < -0.3 is 15.0 Å². The number of carbonyl (C=O) groups excluding carboxylic acids is 1. The summed E-state index contributed by atoms with van der Waals surface area (Å²) in [5.74, 6) is -0.458. The Morgan fingerprint density at radius 1 is 1.25 bits per heavy atom. The third-order valence-electron chi connectivity index (χ3n) is 2.90. The van der Waals surface area contributed by atoms with Gasteiger partial charge in [-0.25, -0.2) is 0 Å². The smallest absolute Gasteiger partial charge is 0.310 e. The molecule has 0 saturated carbocycles. The second kappa shape index (κ2) is 8.20. The fourth-order valence-corrected chi connectivity index (χ4v) is 2.93. The lowest BCUT2D eigenvalue weighted by molar-refractivity contribution is -0.146. The number of hydrogen-bond acceptors (Lipinski definition) is 5. The average Bonchev–Trinajstić information content (AvgIpc) is 2.46. The summed E-state index contributed by atoms with van der Waals surface area (Å²) in [7, 11) is -2.70. The standard InChI is InChI=1S/C14H22NO4P/c1-3-20(17,4-2)19-13(15)10-14(16)18-11-12-8-6-5-7-9-12/h5-9,13H,3-4,10-11,15H2,1-2H3. The predicted octanol–water partition coefficient (Wildman–Crippen LogP) is 2.74. The lowest BCUT2D eigenvalue weighted by atomic mass is 10.2. The zero-order valence-corrected chi connectivity index (χ0v) is 12.8. The van der Waals surface area contributed by atoms with Crippen molar-refractivity contribution in [3.8, 4) is 0 Å². The van der Waals surface area contributed by atoms with Gasteiger partial charge in [-0.2, -0.15) is 0 Å². The number of ether oxygens (including phenoxy) is 1. The first-order valence-electron chi connectivity index (χ1n) is 6.70. The summed E-state index contributed by atoms with van der Waals surface area (Å²) in [6.07, 6.45) is -0.160. The van der Waals surface area contributed by atoms with Crippen molar-refractivity contribution in [1.29, 1.82) is 0 Å². The van der Waals surface area contributed by atoms with E-state index in [1.165, 1.54) is 0 Å². The summed E-state index contributed by atoms with van der Waals surface area (Å²) >= 11 is 0. The predicted molar refractivity (Wildman–Crippen MR) is 78.6 cm³/mol. The normalized spacial score (nSPS) is 12.9. The minimum atomic E-state index is -2.70. The Morgan fingerprint density at radius 3 is 2.40 bits per heavy atom. The van der Waals surface area contributed by atoms with Crippen LogP contribution in [0.15, 0.2) is 30.3 Å². The van der Waals surface area contributed by atoms with Crippen molar-refractivity contribution < 1.29 is 18.6 Å². The third kappa shape index (κ3) is 5.87. The fourth-order valence-electron chi connectivity index (χ4n) is 1.62. The highest BCUT2D eigenvalue weighted by atomic mass is 31.2. The number of hydrogen-bond donors (Lipinski definition) is 1. The van der Waals surface area contributed by atoms with E-state index in [0.29, 0.717) is 12.3 Å². The van der Waals surface area contributed by atoms with Crippen LogP contribution >= 0.6 is 7.37 Å². The topological polar surface area (TPSA) is 78.6 Å². The van der Waals surface area contributed by atoms with Gasteiger partial charge in [-0.15, -0.1) is 0 Å². The molecule has 0 aliphatic heterocycles. The molecule has 6 heteroatoms. The zero-order chi connectivity index (χ0) is 15.0. The first kappa shape index (κ1) is 16.9. The van der Waals surface area contributed by atoms with Gasteiger partial charge in [-0.3, -0.25) is 9.36 Å². The van der Waals surface area contributed by atoms with Gasteiger partial charge >= 0.3 is 5.97 Å². The highest BCUT2D eigenvalue weighted by Gasteiger charge is 2.23. The number of rotatable bonds is 8. The van der Waals surface area contributed by atoms with Crippen LogP contribution in [-0.4, -0.2) is 24.5 Å². The minimum absolute atomic E-state index is 0.100. The fraction of sp³-hybridized carbons (Fsp3) is 0.500. The minimum Gasteiger partial charge on any atom is -0.461 e. The van der Waals surface area contributed by atoms with Gasteiger partial charge in [0.15, 0.2) is 0 Å². The van der Waals surface area contributed by atoms with E-state index in [2.05, 4.69) is 0 Å². The van der Waals surface area contributed by atoms with Crippen LogP contribution in [-0.2, 0) is 25.2 Å². The Kier molecular flexibility index (Phi) is 6.93. The molecule has 20 heavy (non-hydrogen) atoms. The van der Waals surface area contributed by atoms with Crippen LogP contribution in [0, 0.1) is 0 Å². The second-order valence-corrected chi connectivity index (χ2v) is 7.55. The van der Waals surface area contributed by atoms with Crippen LogP contribution in [0.1, 0.15) is 25.8 Å². The maximum atomic E-state index is 12.1. The summed E-state index contributed by atoms with van der Waals surface area (Å²) in [6, 6.07) is 9.37. The Morgan fingerprint density at radius 2 is 1.85 bits per heavy atom. The van der Waals surface area contributed by atoms with Gasteiger partial charge in [0.25, 0.3) is 0 Å². The average molecular weight is 299 g/mol. The summed E-state index contributed by atoms with van der Waals surface area (Å²) in [5.41, 5.74) is 6.59.